The second-order valence-electron chi connectivity index (χ2n) is 7.36. The van der Waals surface area contributed by atoms with Crippen LogP contribution in [0.5, 0.6) is 0 Å². The summed E-state index contributed by atoms with van der Waals surface area (Å²) in [5.74, 6) is 5.59. The van der Waals surface area contributed by atoms with E-state index in [-0.39, 0.29) is 23.3 Å². The molecule has 0 aliphatic carbocycles. The molecule has 0 atom stereocenters. The molecule has 0 radical (unpaired) electrons. The van der Waals surface area contributed by atoms with Gasteiger partial charge in [0.15, 0.2) is 0 Å². The topological polar surface area (TPSA) is 84.5 Å². The molecule has 3 aromatic rings. The van der Waals surface area contributed by atoms with Gasteiger partial charge in [0.25, 0.3) is 0 Å². The highest BCUT2D eigenvalue weighted by Gasteiger charge is 2.07. The highest BCUT2D eigenvalue weighted by molar-refractivity contribution is 8.00. The Morgan fingerprint density at radius 1 is 0.794 bits per heavy atom. The zero-order chi connectivity index (χ0) is 24.3. The number of hydrogen-bond donors (Lipinski definition) is 2. The van der Waals surface area contributed by atoms with Crippen LogP contribution in [-0.4, -0.2) is 36.4 Å². The van der Waals surface area contributed by atoms with Gasteiger partial charge in [-0.2, -0.15) is 0 Å². The largest absolute Gasteiger partial charge is 0.465 e. The first-order valence-electron chi connectivity index (χ1n) is 10.5. The molecule has 0 saturated heterocycles. The van der Waals surface area contributed by atoms with Crippen LogP contribution in [0.4, 0.5) is 11.4 Å². The molecule has 0 saturated carbocycles. The van der Waals surface area contributed by atoms with E-state index in [4.69, 9.17) is 4.74 Å². The zero-order valence-corrected chi connectivity index (χ0v) is 19.7. The van der Waals surface area contributed by atoms with E-state index in [0.717, 1.165) is 11.3 Å². The van der Waals surface area contributed by atoms with Crippen molar-refractivity contribution in [3.8, 4) is 11.8 Å². The van der Waals surface area contributed by atoms with Crippen LogP contribution < -0.4 is 10.6 Å². The number of anilines is 2. The van der Waals surface area contributed by atoms with E-state index in [1.165, 1.54) is 18.9 Å². The summed E-state index contributed by atoms with van der Waals surface area (Å²) in [6, 6.07) is 21.6. The summed E-state index contributed by atoms with van der Waals surface area (Å²) < 4.78 is 4.73. The minimum Gasteiger partial charge on any atom is -0.465 e. The molecule has 0 aliphatic heterocycles. The van der Waals surface area contributed by atoms with Gasteiger partial charge in [-0.1, -0.05) is 36.1 Å². The molecule has 2 amide bonds. The number of carbonyl (C=O) groups excluding carboxylic acids is 3. The predicted octanol–water partition coefficient (Wildman–Crippen LogP) is 4.49. The first-order valence-corrected chi connectivity index (χ1v) is 11.6. The predicted molar refractivity (Wildman–Crippen MR) is 136 cm³/mol. The number of methoxy groups -OCH3 is 1. The lowest BCUT2D eigenvalue weighted by atomic mass is 10.1. The van der Waals surface area contributed by atoms with Gasteiger partial charge in [0, 0.05) is 22.5 Å². The fraction of sp³-hybridized carbons (Fsp3) is 0.148. The summed E-state index contributed by atoms with van der Waals surface area (Å²) in [5, 5.41) is 5.64. The summed E-state index contributed by atoms with van der Waals surface area (Å²) in [6.07, 6.45) is 0. The number of thioether (sulfide) groups is 1. The number of carbonyl (C=O) groups is 3. The highest BCUT2D eigenvalue weighted by atomic mass is 32.2. The number of hydrogen-bond acceptors (Lipinski definition) is 5. The fourth-order valence-corrected chi connectivity index (χ4v) is 3.63. The lowest BCUT2D eigenvalue weighted by Gasteiger charge is -2.07. The average molecular weight is 473 g/mol. The number of rotatable bonds is 7. The third-order valence-corrected chi connectivity index (χ3v) is 5.48. The minimum absolute atomic E-state index is 0.150. The summed E-state index contributed by atoms with van der Waals surface area (Å²) >= 11 is 1.24. The van der Waals surface area contributed by atoms with Gasteiger partial charge in [0.05, 0.1) is 24.2 Å². The average Bonchev–Trinajstić information content (AvgIpc) is 2.82. The van der Waals surface area contributed by atoms with Gasteiger partial charge in [-0.15, -0.1) is 11.8 Å². The smallest absolute Gasteiger partial charge is 0.337 e. The van der Waals surface area contributed by atoms with Crippen molar-refractivity contribution in [2.75, 3.05) is 29.2 Å². The van der Waals surface area contributed by atoms with Crippen LogP contribution >= 0.6 is 11.8 Å². The monoisotopic (exact) mass is 472 g/mol. The van der Waals surface area contributed by atoms with Gasteiger partial charge in [-0.3, -0.25) is 9.59 Å². The molecule has 34 heavy (non-hydrogen) atoms. The van der Waals surface area contributed by atoms with E-state index >= 15 is 0 Å². The molecule has 0 spiro atoms. The third kappa shape index (κ3) is 7.84. The molecule has 7 heteroatoms. The molecule has 0 bridgehead atoms. The second-order valence-corrected chi connectivity index (χ2v) is 8.35. The maximum atomic E-state index is 12.3. The summed E-state index contributed by atoms with van der Waals surface area (Å²) in [7, 11) is 1.33. The van der Waals surface area contributed by atoms with Crippen molar-refractivity contribution >= 4 is 40.9 Å². The standard InChI is InChI=1S/C27H24N2O4S/c1-19-6-3-10-23(14-19)28-25(30)17-34-18-26(31)29-24-11-5-8-21(16-24)13-12-20-7-4-9-22(15-20)27(32)33-2/h3-11,14-16H,17-18H2,1-2H3,(H,28,30)(H,29,31). The van der Waals surface area contributed by atoms with Gasteiger partial charge < -0.3 is 15.4 Å². The zero-order valence-electron chi connectivity index (χ0n) is 18.9. The molecule has 6 nitrogen and oxygen atoms in total. The Morgan fingerprint density at radius 3 is 1.97 bits per heavy atom. The lowest BCUT2D eigenvalue weighted by molar-refractivity contribution is -0.114. The Hall–Kier alpha value is -4.02. The number of aryl methyl sites for hydroxylation is 1. The number of amides is 2. The first-order chi connectivity index (χ1) is 16.4. The van der Waals surface area contributed by atoms with Crippen LogP contribution in [-0.2, 0) is 14.3 Å². The van der Waals surface area contributed by atoms with Gasteiger partial charge in [0.1, 0.15) is 0 Å². The summed E-state index contributed by atoms with van der Waals surface area (Å²) in [6.45, 7) is 1.96. The van der Waals surface area contributed by atoms with Crippen molar-refractivity contribution in [1.29, 1.82) is 0 Å². The normalized spacial score (nSPS) is 9.94. The van der Waals surface area contributed by atoms with Crippen molar-refractivity contribution in [2.24, 2.45) is 0 Å². The molecule has 0 unspecified atom stereocenters. The molecular formula is C27H24N2O4S. The maximum absolute atomic E-state index is 12.3. The Labute approximate surface area is 203 Å². The Morgan fingerprint density at radius 2 is 1.35 bits per heavy atom. The Kier molecular flexibility index (Phi) is 8.89. The van der Waals surface area contributed by atoms with Gasteiger partial charge >= 0.3 is 5.97 Å². The van der Waals surface area contributed by atoms with Crippen LogP contribution in [0.15, 0.2) is 72.8 Å². The lowest BCUT2D eigenvalue weighted by Crippen LogP contribution is -2.18. The summed E-state index contributed by atoms with van der Waals surface area (Å²) in [4.78, 5) is 36.0. The van der Waals surface area contributed by atoms with Crippen molar-refractivity contribution < 1.29 is 19.1 Å². The Bertz CT molecular complexity index is 1260. The Balaban J connectivity index is 1.50. The van der Waals surface area contributed by atoms with Gasteiger partial charge in [-0.05, 0) is 61.0 Å². The van der Waals surface area contributed by atoms with Crippen LogP contribution in [0.3, 0.4) is 0 Å². The minimum atomic E-state index is -0.418. The molecule has 0 aliphatic rings. The maximum Gasteiger partial charge on any atom is 0.337 e. The number of esters is 1. The highest BCUT2D eigenvalue weighted by Crippen LogP contribution is 2.13. The molecule has 3 aromatic carbocycles. The van der Waals surface area contributed by atoms with Crippen molar-refractivity contribution in [3.05, 3.63) is 95.1 Å². The van der Waals surface area contributed by atoms with E-state index < -0.39 is 5.97 Å². The van der Waals surface area contributed by atoms with E-state index in [2.05, 4.69) is 22.5 Å². The molecule has 3 rings (SSSR count). The van der Waals surface area contributed by atoms with E-state index in [0.29, 0.717) is 22.4 Å². The summed E-state index contributed by atoms with van der Waals surface area (Å²) in [5.41, 5.74) is 4.24. The molecule has 2 N–H and O–H groups in total. The molecule has 0 heterocycles. The molecule has 0 aromatic heterocycles. The van der Waals surface area contributed by atoms with Gasteiger partial charge in [-0.25, -0.2) is 4.79 Å². The SMILES string of the molecule is COC(=O)c1cccc(C#Cc2cccc(NC(=O)CSCC(=O)Nc3cccc(C)c3)c2)c1. The fourth-order valence-electron chi connectivity index (χ4n) is 3.01. The van der Waals surface area contributed by atoms with E-state index in [1.807, 2.05) is 37.3 Å². The van der Waals surface area contributed by atoms with Crippen molar-refractivity contribution in [3.63, 3.8) is 0 Å². The molecular weight excluding hydrogens is 448 g/mol. The number of nitrogens with one attached hydrogen (secondary N) is 2. The molecule has 0 fully saturated rings. The third-order valence-electron chi connectivity index (χ3n) is 4.55. The van der Waals surface area contributed by atoms with Crippen LogP contribution in [0.25, 0.3) is 0 Å². The van der Waals surface area contributed by atoms with Crippen molar-refractivity contribution in [2.45, 2.75) is 6.92 Å². The van der Waals surface area contributed by atoms with Crippen LogP contribution in [0.2, 0.25) is 0 Å². The van der Waals surface area contributed by atoms with E-state index in [9.17, 15) is 14.4 Å². The van der Waals surface area contributed by atoms with Crippen LogP contribution in [0.1, 0.15) is 27.0 Å². The van der Waals surface area contributed by atoms with Crippen molar-refractivity contribution in [1.82, 2.24) is 0 Å². The number of benzene rings is 3. The molecule has 172 valence electrons. The number of ether oxygens (including phenoxy) is 1. The van der Waals surface area contributed by atoms with E-state index in [1.54, 1.807) is 42.5 Å². The van der Waals surface area contributed by atoms with Gasteiger partial charge in [0.2, 0.25) is 11.8 Å². The second kappa shape index (κ2) is 12.3. The first kappa shape index (κ1) is 24.6. The van der Waals surface area contributed by atoms with Crippen LogP contribution in [0, 0.1) is 18.8 Å². The quantitative estimate of drug-likeness (QED) is 0.391.